The van der Waals surface area contributed by atoms with Crippen LogP contribution in [0.1, 0.15) is 33.6 Å². The number of nitrogens with two attached hydrogens (primary N) is 1. The van der Waals surface area contributed by atoms with Gasteiger partial charge in [0.25, 0.3) is 10.2 Å². The summed E-state index contributed by atoms with van der Waals surface area (Å²) in [5.74, 6) is 0. The maximum absolute atomic E-state index is 11.5. The van der Waals surface area contributed by atoms with Crippen molar-refractivity contribution in [1.29, 1.82) is 0 Å². The zero-order valence-corrected chi connectivity index (χ0v) is 11.0. The summed E-state index contributed by atoms with van der Waals surface area (Å²) in [6.07, 6.45) is 1.24. The maximum Gasteiger partial charge on any atom is 0.277 e. The molecule has 15 heavy (non-hydrogen) atoms. The third-order valence-electron chi connectivity index (χ3n) is 2.15. The second-order valence-electron chi connectivity index (χ2n) is 3.55. The molecule has 1 unspecified atom stereocenters. The highest BCUT2D eigenvalue weighted by Crippen LogP contribution is 2.10. The lowest BCUT2D eigenvalue weighted by Crippen LogP contribution is -2.56. The summed E-state index contributed by atoms with van der Waals surface area (Å²) in [5.41, 5.74) is 4.63. The molecule has 0 fully saturated rings. The van der Waals surface area contributed by atoms with Gasteiger partial charge in [-0.1, -0.05) is 26.1 Å². The van der Waals surface area contributed by atoms with E-state index in [9.17, 15) is 8.42 Å². The number of hydrogen-bond acceptors (Lipinski definition) is 3. The molecule has 0 rings (SSSR count). The van der Waals surface area contributed by atoms with Crippen LogP contribution in [0.5, 0.6) is 0 Å². The monoisotopic (exact) mass is 253 g/mol. The smallest absolute Gasteiger partial charge is 0.277 e. The van der Waals surface area contributed by atoms with E-state index < -0.39 is 15.7 Å². The third kappa shape index (κ3) is 4.87. The van der Waals surface area contributed by atoms with Gasteiger partial charge in [0, 0.05) is 6.54 Å². The Hall–Kier alpha value is -0.240. The van der Waals surface area contributed by atoms with Crippen molar-refractivity contribution >= 4 is 27.4 Å². The minimum absolute atomic E-state index is 0.145. The topological polar surface area (TPSA) is 84.2 Å². The average Bonchev–Trinajstić information content (AvgIpc) is 2.13. The molecule has 0 aliphatic rings. The molecule has 0 aromatic heterocycles. The quantitative estimate of drug-likeness (QED) is 0.569. The van der Waals surface area contributed by atoms with E-state index in [0.29, 0.717) is 13.0 Å². The molecule has 90 valence electrons. The highest BCUT2D eigenvalue weighted by molar-refractivity contribution is 7.87. The van der Waals surface area contributed by atoms with E-state index in [1.807, 2.05) is 13.8 Å². The fraction of sp³-hybridized carbons (Fsp3) is 0.875. The maximum atomic E-state index is 11.5. The zero-order valence-electron chi connectivity index (χ0n) is 9.33. The van der Waals surface area contributed by atoms with Crippen molar-refractivity contribution < 1.29 is 8.42 Å². The molecule has 0 aliphatic heterocycles. The Labute approximate surface area is 97.0 Å². The minimum atomic E-state index is -3.53. The van der Waals surface area contributed by atoms with E-state index >= 15 is 0 Å². The molecular weight excluding hydrogens is 234 g/mol. The highest BCUT2D eigenvalue weighted by Gasteiger charge is 2.30. The molecule has 0 heterocycles. The van der Waals surface area contributed by atoms with Crippen LogP contribution in [0.15, 0.2) is 0 Å². The third-order valence-corrected chi connectivity index (χ3v) is 3.91. The molecule has 0 spiro atoms. The molecule has 0 amide bonds. The van der Waals surface area contributed by atoms with Crippen LogP contribution in [0.25, 0.3) is 0 Å². The number of thiocarbonyl (C=S) groups is 1. The summed E-state index contributed by atoms with van der Waals surface area (Å²) < 4.78 is 27.9. The molecule has 0 saturated heterocycles. The lowest BCUT2D eigenvalue weighted by molar-refractivity contribution is 0.502. The Bertz CT molecular complexity index is 316. The second-order valence-corrected chi connectivity index (χ2v) is 5.49. The van der Waals surface area contributed by atoms with E-state index in [4.69, 9.17) is 18.0 Å². The van der Waals surface area contributed by atoms with E-state index in [-0.39, 0.29) is 4.99 Å². The van der Waals surface area contributed by atoms with Gasteiger partial charge in [-0.05, 0) is 19.8 Å². The van der Waals surface area contributed by atoms with Crippen molar-refractivity contribution in [2.45, 2.75) is 39.2 Å². The molecular formula is C8H19N3O2S2. The molecule has 0 bridgehead atoms. The van der Waals surface area contributed by atoms with E-state index in [1.165, 1.54) is 0 Å². The molecule has 0 saturated carbocycles. The average molecular weight is 253 g/mol. The molecule has 1 atom stereocenters. The van der Waals surface area contributed by atoms with Crippen LogP contribution < -0.4 is 15.2 Å². The summed E-state index contributed by atoms with van der Waals surface area (Å²) in [6, 6.07) is 0. The first-order valence-corrected chi connectivity index (χ1v) is 6.75. The van der Waals surface area contributed by atoms with Crippen LogP contribution in [0, 0.1) is 0 Å². The summed E-state index contributed by atoms with van der Waals surface area (Å²) in [5, 5.41) is 0. The summed E-state index contributed by atoms with van der Waals surface area (Å²) in [6.45, 7) is 5.77. The normalized spacial score (nSPS) is 15.9. The Morgan fingerprint density at radius 2 is 2.00 bits per heavy atom. The highest BCUT2D eigenvalue weighted by atomic mass is 32.2. The molecule has 4 N–H and O–H groups in total. The lowest BCUT2D eigenvalue weighted by atomic mass is 10.0. The van der Waals surface area contributed by atoms with Crippen molar-refractivity contribution in [1.82, 2.24) is 9.44 Å². The predicted octanol–water partition coefficient (Wildman–Crippen LogP) is 0.275. The van der Waals surface area contributed by atoms with Gasteiger partial charge in [-0.15, -0.1) is 0 Å². The summed E-state index contributed by atoms with van der Waals surface area (Å²) in [7, 11) is -3.53. The standard InChI is InChI=1S/C8H19N3O2S2/c1-4-6-10-15(12,13)11-8(3,5-2)7(9)14/h10-11H,4-6H2,1-3H3,(H2,9,14). The second kappa shape index (κ2) is 5.74. The van der Waals surface area contributed by atoms with Gasteiger partial charge in [-0.3, -0.25) is 0 Å². The molecule has 0 aliphatic carbocycles. The fourth-order valence-electron chi connectivity index (χ4n) is 0.866. The van der Waals surface area contributed by atoms with E-state index in [2.05, 4.69) is 9.44 Å². The largest absolute Gasteiger partial charge is 0.392 e. The van der Waals surface area contributed by atoms with Crippen molar-refractivity contribution in [2.24, 2.45) is 5.73 Å². The van der Waals surface area contributed by atoms with Gasteiger partial charge in [0.05, 0.1) is 10.5 Å². The van der Waals surface area contributed by atoms with E-state index in [0.717, 1.165) is 6.42 Å². The Morgan fingerprint density at radius 3 is 2.33 bits per heavy atom. The Balaban J connectivity index is 4.62. The molecule has 0 aromatic rings. The summed E-state index contributed by atoms with van der Waals surface area (Å²) >= 11 is 4.83. The van der Waals surface area contributed by atoms with Crippen molar-refractivity contribution in [3.05, 3.63) is 0 Å². The summed E-state index contributed by atoms with van der Waals surface area (Å²) in [4.78, 5) is 0.145. The van der Waals surface area contributed by atoms with Crippen LogP contribution in [-0.2, 0) is 10.2 Å². The molecule has 5 nitrogen and oxygen atoms in total. The molecule has 0 aromatic carbocycles. The first-order valence-electron chi connectivity index (χ1n) is 4.86. The van der Waals surface area contributed by atoms with Crippen LogP contribution >= 0.6 is 12.2 Å². The van der Waals surface area contributed by atoms with Crippen LogP contribution in [0.4, 0.5) is 0 Å². The molecule has 7 heteroatoms. The predicted molar refractivity (Wildman–Crippen MR) is 65.8 cm³/mol. The SMILES string of the molecule is CCCNS(=O)(=O)NC(C)(CC)C(N)=S. The first kappa shape index (κ1) is 14.8. The number of rotatable bonds is 7. The van der Waals surface area contributed by atoms with Gasteiger partial charge in [0.15, 0.2) is 0 Å². The van der Waals surface area contributed by atoms with Crippen molar-refractivity contribution in [3.63, 3.8) is 0 Å². The van der Waals surface area contributed by atoms with Crippen molar-refractivity contribution in [2.75, 3.05) is 6.54 Å². The molecule has 0 radical (unpaired) electrons. The Kier molecular flexibility index (Phi) is 5.65. The van der Waals surface area contributed by atoms with Gasteiger partial charge in [-0.2, -0.15) is 13.1 Å². The van der Waals surface area contributed by atoms with Gasteiger partial charge < -0.3 is 5.73 Å². The van der Waals surface area contributed by atoms with E-state index in [1.54, 1.807) is 6.92 Å². The minimum Gasteiger partial charge on any atom is -0.392 e. The van der Waals surface area contributed by atoms with Crippen LogP contribution in [0.3, 0.4) is 0 Å². The van der Waals surface area contributed by atoms with Gasteiger partial charge in [-0.25, -0.2) is 4.72 Å². The number of hydrogen-bond donors (Lipinski definition) is 3. The zero-order chi connectivity index (χ0) is 12.1. The Morgan fingerprint density at radius 1 is 1.47 bits per heavy atom. The van der Waals surface area contributed by atoms with Crippen LogP contribution in [0.2, 0.25) is 0 Å². The fourth-order valence-corrected chi connectivity index (χ4v) is 2.52. The first-order chi connectivity index (χ1) is 6.77. The van der Waals surface area contributed by atoms with Gasteiger partial charge >= 0.3 is 0 Å². The van der Waals surface area contributed by atoms with Crippen LogP contribution in [-0.4, -0.2) is 25.5 Å². The van der Waals surface area contributed by atoms with Crippen molar-refractivity contribution in [3.8, 4) is 0 Å². The number of nitrogens with one attached hydrogen (secondary N) is 2. The van der Waals surface area contributed by atoms with Gasteiger partial charge in [0.2, 0.25) is 0 Å². The lowest BCUT2D eigenvalue weighted by Gasteiger charge is -2.27. The van der Waals surface area contributed by atoms with Gasteiger partial charge in [0.1, 0.15) is 0 Å².